The Bertz CT molecular complexity index is 2110. The van der Waals surface area contributed by atoms with Gasteiger partial charge in [-0.05, 0) is 25.7 Å². The van der Waals surface area contributed by atoms with Crippen LogP contribution >= 0.6 is 0 Å². The van der Waals surface area contributed by atoms with Gasteiger partial charge in [-0.15, -0.1) is 21.9 Å². The van der Waals surface area contributed by atoms with Gasteiger partial charge in [0, 0.05) is 0 Å². The van der Waals surface area contributed by atoms with E-state index < -0.39 is 144 Å². The number of benzene rings is 4. The third-order valence-electron chi connectivity index (χ3n) is 14.2. The van der Waals surface area contributed by atoms with Crippen LogP contribution in [-0.2, 0) is 0 Å². The molecule has 78 heavy (non-hydrogen) atoms. The highest BCUT2D eigenvalue weighted by Gasteiger charge is 2.52. The predicted molar refractivity (Wildman–Crippen MR) is 262 cm³/mol. The second-order valence-corrected chi connectivity index (χ2v) is 19.9. The van der Waals surface area contributed by atoms with Crippen LogP contribution in [0.1, 0.15) is 194 Å². The summed E-state index contributed by atoms with van der Waals surface area (Å²) in [7, 11) is 0. The molecule has 0 aliphatic rings. The van der Waals surface area contributed by atoms with E-state index in [0.29, 0.717) is 0 Å². The Kier molecular flexibility index (Phi) is 29.5. The minimum atomic E-state index is -7.22. The van der Waals surface area contributed by atoms with Crippen molar-refractivity contribution in [1.29, 1.82) is 0 Å². The second kappa shape index (κ2) is 33.9. The summed E-state index contributed by atoms with van der Waals surface area (Å²) in [5.74, 6) is -71.4. The highest BCUT2D eigenvalue weighted by molar-refractivity contribution is 7.20. The molecule has 0 aromatic heterocycles. The van der Waals surface area contributed by atoms with E-state index >= 15 is 35.1 Å². The van der Waals surface area contributed by atoms with Crippen LogP contribution in [0, 0.1) is 116 Å². The van der Waals surface area contributed by atoms with Gasteiger partial charge >= 0.3 is 0 Å². The molecule has 0 spiro atoms. The van der Waals surface area contributed by atoms with Gasteiger partial charge in [-0.3, -0.25) is 0 Å². The molecule has 0 fully saturated rings. The summed E-state index contributed by atoms with van der Waals surface area (Å²) in [4.78, 5) is 0. The molecule has 4 aromatic rings. The SMILES string of the molecule is CCCCCCCCCCCCCCCCCC[NH2+]CCCCCCCCCCCCCC.Fc1c(F)c(F)c([B-](c2c(F)c(F)c(F)c(F)c2F)(c2c(F)c(F)c(F)c(F)c2F)c2c(F)c(F)c(F)c(F)c2F)c(F)c1F. The molecule has 4 aromatic carbocycles. The van der Waals surface area contributed by atoms with Gasteiger partial charge in [-0.1, -0.05) is 168 Å². The maximum atomic E-state index is 15.4. The van der Waals surface area contributed by atoms with Crippen molar-refractivity contribution in [3.63, 3.8) is 0 Å². The molecule has 0 atom stereocenters. The van der Waals surface area contributed by atoms with Crippen LogP contribution in [-0.4, -0.2) is 19.2 Å². The lowest BCUT2D eigenvalue weighted by Gasteiger charge is -2.44. The van der Waals surface area contributed by atoms with Crippen molar-refractivity contribution in [2.24, 2.45) is 0 Å². The summed E-state index contributed by atoms with van der Waals surface area (Å²) in [5.41, 5.74) is -14.3. The van der Waals surface area contributed by atoms with Crippen molar-refractivity contribution in [2.45, 2.75) is 194 Å². The largest absolute Gasteiger partial charge is 0.346 e. The van der Waals surface area contributed by atoms with Gasteiger partial charge in [-0.25, -0.2) is 87.8 Å². The number of halogens is 20. The molecule has 0 radical (unpaired) electrons. The fourth-order valence-corrected chi connectivity index (χ4v) is 9.98. The zero-order valence-corrected chi connectivity index (χ0v) is 43.9. The van der Waals surface area contributed by atoms with Crippen LogP contribution in [0.15, 0.2) is 0 Å². The molecular formula is C56H68BF20N. The summed E-state index contributed by atoms with van der Waals surface area (Å²) in [6.07, 6.45) is 33.8. The molecule has 2 N–H and O–H groups in total. The van der Waals surface area contributed by atoms with E-state index in [-0.39, 0.29) is 0 Å². The standard InChI is InChI=1S/C32H67N.C24BF20/c1-3-5-7-9-11-13-15-17-18-19-20-22-24-26-28-30-32-33-31-29-27-25-23-21-16-14-12-10-8-6-4-2;26-5-1(6(27)14(35)21(42)13(5)34)25(2-7(28)15(36)22(43)16(37)8(2)29,3-9(30)17(38)23(44)18(39)10(3)31)4-11(32)19(40)24(45)20(41)12(4)33/h33H,3-32H2,1-2H3;/q;-1/p+1. The molecule has 22 heteroatoms. The molecule has 0 saturated carbocycles. The Morgan fingerprint density at radius 3 is 0.474 bits per heavy atom. The minimum absolute atomic E-state index is 1.37. The van der Waals surface area contributed by atoms with Gasteiger partial charge in [0.25, 0.3) is 0 Å². The summed E-state index contributed by atoms with van der Waals surface area (Å²) >= 11 is 0. The molecule has 440 valence electrons. The van der Waals surface area contributed by atoms with E-state index in [0.717, 1.165) is 0 Å². The first-order valence-corrected chi connectivity index (χ1v) is 27.2. The number of nitrogens with two attached hydrogens (primary N) is 1. The van der Waals surface area contributed by atoms with Crippen LogP contribution in [0.25, 0.3) is 0 Å². The molecule has 0 aliphatic heterocycles. The normalized spacial score (nSPS) is 11.8. The maximum Gasteiger partial charge on any atom is 0.200 e. The summed E-state index contributed by atoms with van der Waals surface area (Å²) in [6, 6.07) is 0. The zero-order valence-electron chi connectivity index (χ0n) is 43.9. The molecule has 0 unspecified atom stereocenters. The Labute approximate surface area is 443 Å². The smallest absolute Gasteiger partial charge is 0.200 e. The van der Waals surface area contributed by atoms with Crippen molar-refractivity contribution in [2.75, 3.05) is 13.1 Å². The minimum Gasteiger partial charge on any atom is -0.346 e. The van der Waals surface area contributed by atoms with Gasteiger partial charge in [0.15, 0.2) is 69.8 Å². The number of rotatable bonds is 34. The lowest BCUT2D eigenvalue weighted by molar-refractivity contribution is -0.655. The van der Waals surface area contributed by atoms with Gasteiger partial charge < -0.3 is 5.32 Å². The second-order valence-electron chi connectivity index (χ2n) is 19.9. The van der Waals surface area contributed by atoms with E-state index in [2.05, 4.69) is 19.2 Å². The first-order valence-electron chi connectivity index (χ1n) is 27.2. The topological polar surface area (TPSA) is 16.6 Å². The number of unbranched alkanes of at least 4 members (excludes halogenated alkanes) is 26. The Balaban J connectivity index is 0.000000433. The molecule has 0 heterocycles. The van der Waals surface area contributed by atoms with Crippen LogP contribution < -0.4 is 27.2 Å². The predicted octanol–water partition coefficient (Wildman–Crippen LogP) is 16.4. The van der Waals surface area contributed by atoms with E-state index in [1.165, 1.54) is 193 Å². The molecule has 0 aliphatic carbocycles. The van der Waals surface area contributed by atoms with Crippen LogP contribution in [0.2, 0.25) is 0 Å². The van der Waals surface area contributed by atoms with Crippen LogP contribution in [0.3, 0.4) is 0 Å². The van der Waals surface area contributed by atoms with Gasteiger partial charge in [0.1, 0.15) is 52.7 Å². The van der Waals surface area contributed by atoms with Crippen molar-refractivity contribution in [3.8, 4) is 0 Å². The van der Waals surface area contributed by atoms with Gasteiger partial charge in [0.2, 0.25) is 0 Å². The summed E-state index contributed by atoms with van der Waals surface area (Å²) in [6.45, 7) is 7.35. The van der Waals surface area contributed by atoms with Crippen molar-refractivity contribution >= 4 is 28.0 Å². The fourth-order valence-electron chi connectivity index (χ4n) is 9.98. The fraction of sp³-hybridized carbons (Fsp3) is 0.571. The molecular weight excluding hydrogens is 1080 g/mol. The van der Waals surface area contributed by atoms with Gasteiger partial charge in [-0.2, -0.15) is 0 Å². The Morgan fingerprint density at radius 1 is 0.192 bits per heavy atom. The average molecular weight is 1150 g/mol. The van der Waals surface area contributed by atoms with Crippen molar-refractivity contribution in [3.05, 3.63) is 116 Å². The zero-order chi connectivity index (χ0) is 58.3. The van der Waals surface area contributed by atoms with E-state index in [1.54, 1.807) is 0 Å². The van der Waals surface area contributed by atoms with Crippen molar-refractivity contribution in [1.82, 2.24) is 0 Å². The molecule has 0 bridgehead atoms. The third kappa shape index (κ3) is 16.8. The third-order valence-corrected chi connectivity index (χ3v) is 14.2. The molecule has 1 nitrogen and oxygen atoms in total. The number of hydrogen-bond donors (Lipinski definition) is 1. The molecule has 0 saturated heterocycles. The first-order chi connectivity index (χ1) is 37.1. The van der Waals surface area contributed by atoms with Crippen LogP contribution in [0.4, 0.5) is 87.8 Å². The van der Waals surface area contributed by atoms with E-state index in [4.69, 9.17) is 0 Å². The average Bonchev–Trinajstić information content (AvgIpc) is 3.52. The first kappa shape index (κ1) is 67.8. The highest BCUT2D eigenvalue weighted by atomic mass is 19.2. The van der Waals surface area contributed by atoms with Gasteiger partial charge in [0.05, 0.1) is 13.1 Å². The van der Waals surface area contributed by atoms with Crippen molar-refractivity contribution < 1.29 is 93.1 Å². The maximum absolute atomic E-state index is 15.4. The highest BCUT2D eigenvalue weighted by Crippen LogP contribution is 2.31. The number of quaternary nitrogens is 1. The van der Waals surface area contributed by atoms with E-state index in [9.17, 15) is 52.7 Å². The number of hydrogen-bond acceptors (Lipinski definition) is 0. The molecule has 4 rings (SSSR count). The summed E-state index contributed by atoms with van der Waals surface area (Å²) < 4.78 is 294. The summed E-state index contributed by atoms with van der Waals surface area (Å²) in [5, 5.41) is 2.58. The lowest BCUT2D eigenvalue weighted by atomic mass is 9.12. The quantitative estimate of drug-likeness (QED) is 0.0158. The van der Waals surface area contributed by atoms with E-state index in [1.807, 2.05) is 0 Å². The van der Waals surface area contributed by atoms with Crippen LogP contribution in [0.5, 0.6) is 0 Å². The lowest BCUT2D eigenvalue weighted by Crippen LogP contribution is -2.84. The molecule has 0 amide bonds. The monoisotopic (exact) mass is 1150 g/mol. The Morgan fingerprint density at radius 2 is 0.321 bits per heavy atom. The Hall–Kier alpha value is -4.50.